The average molecular weight is 312 g/mol. The molecule has 3 nitrogen and oxygen atoms in total. The van der Waals surface area contributed by atoms with Crippen LogP contribution >= 0.6 is 0 Å². The van der Waals surface area contributed by atoms with Crippen molar-refractivity contribution in [3.05, 3.63) is 12.2 Å². The number of aliphatic hydroxyl groups excluding tert-OH is 3. The summed E-state index contributed by atoms with van der Waals surface area (Å²) in [7, 11) is 0. The summed E-state index contributed by atoms with van der Waals surface area (Å²) in [6.45, 7) is 4.35. The van der Waals surface area contributed by atoms with Crippen LogP contribution in [0.1, 0.15) is 78.1 Å². The zero-order chi connectivity index (χ0) is 16.4. The van der Waals surface area contributed by atoms with Crippen molar-refractivity contribution in [1.82, 2.24) is 0 Å². The molecule has 130 valence electrons. The van der Waals surface area contributed by atoms with Gasteiger partial charge in [0.1, 0.15) is 0 Å². The summed E-state index contributed by atoms with van der Waals surface area (Å²) < 4.78 is 0. The molecular formula is C19H36O3. The molecular weight excluding hydrogens is 276 g/mol. The Hall–Kier alpha value is -0.380. The summed E-state index contributed by atoms with van der Waals surface area (Å²) in [6, 6.07) is 0. The summed E-state index contributed by atoms with van der Waals surface area (Å²) in [5.41, 5.74) is 0. The van der Waals surface area contributed by atoms with E-state index >= 15 is 0 Å². The number of rotatable bonds is 11. The van der Waals surface area contributed by atoms with Gasteiger partial charge in [0.2, 0.25) is 0 Å². The lowest BCUT2D eigenvalue weighted by atomic mass is 9.88. The van der Waals surface area contributed by atoms with Crippen molar-refractivity contribution in [2.24, 2.45) is 11.8 Å². The fourth-order valence-electron chi connectivity index (χ4n) is 3.54. The van der Waals surface area contributed by atoms with Crippen LogP contribution in [0.4, 0.5) is 0 Å². The summed E-state index contributed by atoms with van der Waals surface area (Å²) in [6.07, 6.45) is 12.9. The molecule has 1 saturated carbocycles. The number of aliphatic hydroxyl groups is 3. The Kier molecular flexibility index (Phi) is 10.0. The number of hydrogen-bond acceptors (Lipinski definition) is 3. The van der Waals surface area contributed by atoms with E-state index in [1.165, 1.54) is 19.3 Å². The maximum atomic E-state index is 10.2. The Labute approximate surface area is 136 Å². The Morgan fingerprint density at radius 3 is 2.32 bits per heavy atom. The molecule has 3 N–H and O–H groups in total. The van der Waals surface area contributed by atoms with Gasteiger partial charge >= 0.3 is 0 Å². The normalized spacial score (nSPS) is 30.2. The molecule has 0 aliphatic heterocycles. The maximum absolute atomic E-state index is 10.2. The van der Waals surface area contributed by atoms with Crippen molar-refractivity contribution < 1.29 is 15.3 Å². The van der Waals surface area contributed by atoms with Crippen LogP contribution in [-0.2, 0) is 0 Å². The molecule has 0 aromatic carbocycles. The van der Waals surface area contributed by atoms with E-state index in [4.69, 9.17) is 0 Å². The lowest BCUT2D eigenvalue weighted by molar-refractivity contribution is 0.115. The van der Waals surface area contributed by atoms with Crippen molar-refractivity contribution in [2.45, 2.75) is 96.4 Å². The highest BCUT2D eigenvalue weighted by Gasteiger charge is 2.39. The molecule has 1 fully saturated rings. The zero-order valence-electron chi connectivity index (χ0n) is 14.5. The van der Waals surface area contributed by atoms with Crippen LogP contribution < -0.4 is 0 Å². The first kappa shape index (κ1) is 19.7. The molecule has 1 aliphatic rings. The molecule has 3 heteroatoms. The molecule has 0 spiro atoms. The second-order valence-electron chi connectivity index (χ2n) is 6.91. The van der Waals surface area contributed by atoms with Crippen molar-refractivity contribution >= 4 is 0 Å². The van der Waals surface area contributed by atoms with Gasteiger partial charge in [0.25, 0.3) is 0 Å². The predicted octanol–water partition coefficient (Wildman–Crippen LogP) is 3.81. The molecule has 0 amide bonds. The highest BCUT2D eigenvalue weighted by atomic mass is 16.3. The largest absolute Gasteiger partial charge is 0.393 e. The van der Waals surface area contributed by atoms with Crippen LogP contribution in [0, 0.1) is 11.8 Å². The summed E-state index contributed by atoms with van der Waals surface area (Å²) in [4.78, 5) is 0. The first-order chi connectivity index (χ1) is 10.6. The fraction of sp³-hybridized carbons (Fsp3) is 0.895. The third-order valence-corrected chi connectivity index (χ3v) is 4.97. The Morgan fingerprint density at radius 2 is 1.64 bits per heavy atom. The van der Waals surface area contributed by atoms with Gasteiger partial charge in [0.05, 0.1) is 18.3 Å². The minimum Gasteiger partial charge on any atom is -0.393 e. The van der Waals surface area contributed by atoms with E-state index in [0.29, 0.717) is 6.42 Å². The first-order valence-corrected chi connectivity index (χ1v) is 9.32. The van der Waals surface area contributed by atoms with Crippen LogP contribution in [0.25, 0.3) is 0 Å². The van der Waals surface area contributed by atoms with E-state index in [1.807, 2.05) is 12.2 Å². The van der Waals surface area contributed by atoms with Crippen LogP contribution in [0.3, 0.4) is 0 Å². The highest BCUT2D eigenvalue weighted by Crippen LogP contribution is 2.37. The van der Waals surface area contributed by atoms with E-state index in [0.717, 1.165) is 38.5 Å². The lowest BCUT2D eigenvalue weighted by Crippen LogP contribution is -2.21. The third kappa shape index (κ3) is 6.80. The van der Waals surface area contributed by atoms with Gasteiger partial charge in [-0.15, -0.1) is 0 Å². The van der Waals surface area contributed by atoms with Gasteiger partial charge in [-0.2, -0.15) is 0 Å². The molecule has 1 unspecified atom stereocenters. The van der Waals surface area contributed by atoms with Crippen LogP contribution in [0.15, 0.2) is 12.2 Å². The third-order valence-electron chi connectivity index (χ3n) is 4.97. The van der Waals surface area contributed by atoms with E-state index < -0.39 is 18.3 Å². The minimum absolute atomic E-state index is 0.00236. The Balaban J connectivity index is 2.45. The number of hydrogen-bond donors (Lipinski definition) is 3. The summed E-state index contributed by atoms with van der Waals surface area (Å²) >= 11 is 0. The lowest BCUT2D eigenvalue weighted by Gasteiger charge is -2.21. The quantitative estimate of drug-likeness (QED) is 0.401. The second kappa shape index (κ2) is 11.2. The second-order valence-corrected chi connectivity index (χ2v) is 6.91. The van der Waals surface area contributed by atoms with Gasteiger partial charge in [-0.3, -0.25) is 0 Å². The Morgan fingerprint density at radius 1 is 0.955 bits per heavy atom. The van der Waals surface area contributed by atoms with Gasteiger partial charge in [-0.1, -0.05) is 70.9 Å². The average Bonchev–Trinajstić information content (AvgIpc) is 2.75. The van der Waals surface area contributed by atoms with E-state index in [9.17, 15) is 15.3 Å². The highest BCUT2D eigenvalue weighted by molar-refractivity contribution is 5.04. The first-order valence-electron chi connectivity index (χ1n) is 9.32. The summed E-state index contributed by atoms with van der Waals surface area (Å²) in [5, 5.41) is 30.3. The standard InChI is InChI=1S/C19H36O3/c1-3-5-7-9-11-16-17(19(22)14-18(16)21)13-12-15(20)10-8-6-4-2/h12-13,15-22H,3-11,14H2,1-2H3/b13-12+/t15-,16?,17+,18-,19+/m0/s1. The molecule has 0 radical (unpaired) electrons. The molecule has 0 bridgehead atoms. The molecule has 0 aromatic rings. The SMILES string of the molecule is CCCCCCC1[C@@H](/C=C/[C@@H](O)CCCCC)[C@H](O)C[C@@H]1O. The monoisotopic (exact) mass is 312 g/mol. The molecule has 5 atom stereocenters. The van der Waals surface area contributed by atoms with Gasteiger partial charge in [0.15, 0.2) is 0 Å². The molecule has 1 aliphatic carbocycles. The molecule has 1 rings (SSSR count). The van der Waals surface area contributed by atoms with Gasteiger partial charge in [-0.25, -0.2) is 0 Å². The van der Waals surface area contributed by atoms with Crippen molar-refractivity contribution in [3.63, 3.8) is 0 Å². The molecule has 0 heterocycles. The van der Waals surface area contributed by atoms with Crippen molar-refractivity contribution in [3.8, 4) is 0 Å². The Bertz CT molecular complexity index is 303. The van der Waals surface area contributed by atoms with Gasteiger partial charge < -0.3 is 15.3 Å². The van der Waals surface area contributed by atoms with Crippen LogP contribution in [-0.4, -0.2) is 33.6 Å². The maximum Gasteiger partial charge on any atom is 0.0721 e. The summed E-state index contributed by atoms with van der Waals surface area (Å²) in [5.74, 6) is 0.142. The van der Waals surface area contributed by atoms with E-state index in [1.54, 1.807) is 0 Å². The minimum atomic E-state index is -0.467. The fourth-order valence-corrected chi connectivity index (χ4v) is 3.54. The van der Waals surface area contributed by atoms with Crippen LogP contribution in [0.5, 0.6) is 0 Å². The number of unbranched alkanes of at least 4 members (excludes halogenated alkanes) is 5. The van der Waals surface area contributed by atoms with E-state index in [-0.39, 0.29) is 11.8 Å². The van der Waals surface area contributed by atoms with Crippen LogP contribution in [0.2, 0.25) is 0 Å². The van der Waals surface area contributed by atoms with Crippen molar-refractivity contribution in [1.29, 1.82) is 0 Å². The zero-order valence-corrected chi connectivity index (χ0v) is 14.5. The topological polar surface area (TPSA) is 60.7 Å². The van der Waals surface area contributed by atoms with Gasteiger partial charge in [0, 0.05) is 12.3 Å². The molecule has 0 aromatic heterocycles. The molecule has 0 saturated heterocycles. The predicted molar refractivity (Wildman–Crippen MR) is 91.7 cm³/mol. The molecule has 22 heavy (non-hydrogen) atoms. The smallest absolute Gasteiger partial charge is 0.0721 e. The van der Waals surface area contributed by atoms with Gasteiger partial charge in [-0.05, 0) is 18.8 Å². The van der Waals surface area contributed by atoms with E-state index in [2.05, 4.69) is 13.8 Å². The van der Waals surface area contributed by atoms with Crippen molar-refractivity contribution in [2.75, 3.05) is 0 Å².